The summed E-state index contributed by atoms with van der Waals surface area (Å²) < 4.78 is 6.85. The van der Waals surface area contributed by atoms with Gasteiger partial charge in [-0.1, -0.05) is 22.9 Å². The maximum atomic E-state index is 9.29. The van der Waals surface area contributed by atoms with Crippen molar-refractivity contribution >= 4 is 0 Å². The molecule has 0 bridgehead atoms. The normalized spacial score (nSPS) is 10.2. The van der Waals surface area contributed by atoms with Gasteiger partial charge in [0.25, 0.3) is 0 Å². The molecule has 5 nitrogen and oxygen atoms in total. The average Bonchev–Trinajstić information content (AvgIpc) is 2.99. The Balaban J connectivity index is 2.15. The lowest BCUT2D eigenvalue weighted by Gasteiger charge is -2.08. The number of rotatable bonds is 3. The number of benzene rings is 2. The Morgan fingerprint density at radius 2 is 1.73 bits per heavy atom. The number of aryl methyl sites for hydroxylation is 1. The maximum Gasteiger partial charge on any atom is 0.191 e. The Bertz CT molecular complexity index is 827. The molecule has 3 rings (SSSR count). The van der Waals surface area contributed by atoms with Crippen molar-refractivity contribution in [3.63, 3.8) is 0 Å². The number of methoxy groups -OCH3 is 1. The summed E-state index contributed by atoms with van der Waals surface area (Å²) in [5, 5.41) is 17.4. The van der Waals surface area contributed by atoms with Gasteiger partial charge in [-0.2, -0.15) is 5.26 Å². The van der Waals surface area contributed by atoms with Crippen molar-refractivity contribution in [2.45, 2.75) is 6.92 Å². The van der Waals surface area contributed by atoms with Crippen molar-refractivity contribution in [2.75, 3.05) is 7.11 Å². The Morgan fingerprint density at radius 1 is 1.05 bits per heavy atom. The monoisotopic (exact) mass is 290 g/mol. The maximum absolute atomic E-state index is 9.29. The topological polar surface area (TPSA) is 63.7 Å². The highest BCUT2D eigenvalue weighted by Gasteiger charge is 2.16. The fraction of sp³-hybridized carbons (Fsp3) is 0.118. The molecule has 1 aromatic heterocycles. The second-order valence-electron chi connectivity index (χ2n) is 4.87. The molecule has 0 aliphatic heterocycles. The second kappa shape index (κ2) is 5.70. The Morgan fingerprint density at radius 3 is 2.32 bits per heavy atom. The van der Waals surface area contributed by atoms with E-state index in [1.165, 1.54) is 0 Å². The second-order valence-corrected chi connectivity index (χ2v) is 4.87. The fourth-order valence-corrected chi connectivity index (χ4v) is 2.23. The van der Waals surface area contributed by atoms with Gasteiger partial charge in [0.05, 0.1) is 12.8 Å². The van der Waals surface area contributed by atoms with Crippen LogP contribution in [0.3, 0.4) is 0 Å². The van der Waals surface area contributed by atoms with Gasteiger partial charge in [-0.15, -0.1) is 5.10 Å². The van der Waals surface area contributed by atoms with Gasteiger partial charge in [-0.3, -0.25) is 0 Å². The summed E-state index contributed by atoms with van der Waals surface area (Å²) in [5.41, 5.74) is 3.86. The molecule has 2 aromatic carbocycles. The summed E-state index contributed by atoms with van der Waals surface area (Å²) in [7, 11) is 1.62. The molecule has 5 heteroatoms. The number of aromatic nitrogens is 3. The first-order chi connectivity index (χ1) is 10.7. The average molecular weight is 290 g/mol. The van der Waals surface area contributed by atoms with Gasteiger partial charge < -0.3 is 4.74 Å². The molecule has 0 amide bonds. The van der Waals surface area contributed by atoms with Crippen molar-refractivity contribution in [1.29, 1.82) is 5.26 Å². The van der Waals surface area contributed by atoms with Crippen LogP contribution in [0.5, 0.6) is 5.75 Å². The lowest BCUT2D eigenvalue weighted by atomic mass is 10.1. The zero-order valence-electron chi connectivity index (χ0n) is 12.3. The zero-order valence-corrected chi connectivity index (χ0v) is 12.3. The van der Waals surface area contributed by atoms with Crippen LogP contribution in [0.1, 0.15) is 11.3 Å². The molecule has 0 spiro atoms. The van der Waals surface area contributed by atoms with Crippen LogP contribution >= 0.6 is 0 Å². The number of hydrogen-bond donors (Lipinski definition) is 0. The van der Waals surface area contributed by atoms with Gasteiger partial charge in [0.15, 0.2) is 5.69 Å². The molecule has 0 aliphatic carbocycles. The molecule has 0 saturated heterocycles. The minimum atomic E-state index is 0.297. The van der Waals surface area contributed by atoms with Crippen molar-refractivity contribution < 1.29 is 4.74 Å². The summed E-state index contributed by atoms with van der Waals surface area (Å²) in [6.07, 6.45) is 0. The minimum Gasteiger partial charge on any atom is -0.497 e. The van der Waals surface area contributed by atoms with E-state index in [1.807, 2.05) is 55.5 Å². The highest BCUT2D eigenvalue weighted by molar-refractivity contribution is 5.67. The van der Waals surface area contributed by atoms with E-state index in [2.05, 4.69) is 16.4 Å². The van der Waals surface area contributed by atoms with Crippen LogP contribution in [0.2, 0.25) is 0 Å². The molecular weight excluding hydrogens is 276 g/mol. The molecule has 0 fully saturated rings. The van der Waals surface area contributed by atoms with Crippen LogP contribution < -0.4 is 4.74 Å². The van der Waals surface area contributed by atoms with Crippen LogP contribution in [-0.2, 0) is 0 Å². The van der Waals surface area contributed by atoms with Crippen molar-refractivity contribution in [1.82, 2.24) is 15.0 Å². The van der Waals surface area contributed by atoms with E-state index < -0.39 is 0 Å². The van der Waals surface area contributed by atoms with Crippen molar-refractivity contribution in [3.05, 3.63) is 59.8 Å². The van der Waals surface area contributed by atoms with E-state index in [1.54, 1.807) is 11.8 Å². The molecule has 0 atom stereocenters. The number of nitriles is 1. The predicted octanol–water partition coefficient (Wildman–Crippen LogP) is 3.12. The number of nitrogens with zero attached hydrogens (tertiary/aromatic N) is 4. The molecule has 22 heavy (non-hydrogen) atoms. The Kier molecular flexibility index (Phi) is 3.58. The molecule has 0 unspecified atom stereocenters. The van der Waals surface area contributed by atoms with Gasteiger partial charge in [-0.05, 0) is 43.3 Å². The third kappa shape index (κ3) is 2.42. The highest BCUT2D eigenvalue weighted by atomic mass is 16.5. The third-order valence-electron chi connectivity index (χ3n) is 3.42. The minimum absolute atomic E-state index is 0.297. The number of ether oxygens (including phenoxy) is 1. The zero-order chi connectivity index (χ0) is 15.5. The summed E-state index contributed by atoms with van der Waals surface area (Å²) >= 11 is 0. The van der Waals surface area contributed by atoms with Crippen LogP contribution in [0, 0.1) is 18.3 Å². The van der Waals surface area contributed by atoms with E-state index in [4.69, 9.17) is 4.74 Å². The molecule has 3 aromatic rings. The number of hydrogen-bond acceptors (Lipinski definition) is 4. The molecule has 1 heterocycles. The first-order valence-electron chi connectivity index (χ1n) is 6.80. The van der Waals surface area contributed by atoms with Gasteiger partial charge in [0, 0.05) is 5.56 Å². The summed E-state index contributed by atoms with van der Waals surface area (Å²) in [5.74, 6) is 0.761. The Labute approximate surface area is 128 Å². The summed E-state index contributed by atoms with van der Waals surface area (Å²) in [6.45, 7) is 2.02. The first kappa shape index (κ1) is 13.8. The standard InChI is InChI=1S/C17H14N4O/c1-12-3-7-14(8-4-12)21-17(16(11-18)19-20-21)13-5-9-15(22-2)10-6-13/h3-10H,1-2H3. The van der Waals surface area contributed by atoms with Crippen LogP contribution in [0.4, 0.5) is 0 Å². The van der Waals surface area contributed by atoms with Gasteiger partial charge >= 0.3 is 0 Å². The predicted molar refractivity (Wildman–Crippen MR) is 82.8 cm³/mol. The molecule has 0 saturated carbocycles. The van der Waals surface area contributed by atoms with Crippen molar-refractivity contribution in [3.8, 4) is 28.8 Å². The Hall–Kier alpha value is -3.13. The summed E-state index contributed by atoms with van der Waals surface area (Å²) in [4.78, 5) is 0. The van der Waals surface area contributed by atoms with Gasteiger partial charge in [0.2, 0.25) is 0 Å². The van der Waals surface area contributed by atoms with Crippen LogP contribution in [0.25, 0.3) is 16.9 Å². The van der Waals surface area contributed by atoms with E-state index in [0.717, 1.165) is 22.6 Å². The van der Waals surface area contributed by atoms with E-state index >= 15 is 0 Å². The highest BCUT2D eigenvalue weighted by Crippen LogP contribution is 2.26. The largest absolute Gasteiger partial charge is 0.497 e. The molecule has 0 radical (unpaired) electrons. The first-order valence-corrected chi connectivity index (χ1v) is 6.80. The fourth-order valence-electron chi connectivity index (χ4n) is 2.23. The smallest absolute Gasteiger partial charge is 0.191 e. The van der Waals surface area contributed by atoms with Gasteiger partial charge in [0.1, 0.15) is 17.5 Å². The lowest BCUT2D eigenvalue weighted by Crippen LogP contribution is -1.99. The van der Waals surface area contributed by atoms with Crippen molar-refractivity contribution in [2.24, 2.45) is 0 Å². The molecule has 108 valence electrons. The SMILES string of the molecule is COc1ccc(-c2c(C#N)nnn2-c2ccc(C)cc2)cc1. The van der Waals surface area contributed by atoms with E-state index in [-0.39, 0.29) is 0 Å². The van der Waals surface area contributed by atoms with Crippen LogP contribution in [-0.4, -0.2) is 22.1 Å². The van der Waals surface area contributed by atoms with Gasteiger partial charge in [-0.25, -0.2) is 4.68 Å². The quantitative estimate of drug-likeness (QED) is 0.743. The van der Waals surface area contributed by atoms with Crippen LogP contribution in [0.15, 0.2) is 48.5 Å². The molecule has 0 N–H and O–H groups in total. The van der Waals surface area contributed by atoms with E-state index in [0.29, 0.717) is 11.4 Å². The molecule has 0 aliphatic rings. The third-order valence-corrected chi connectivity index (χ3v) is 3.42. The molecular formula is C17H14N4O. The summed E-state index contributed by atoms with van der Waals surface area (Å²) in [6, 6.07) is 17.5. The van der Waals surface area contributed by atoms with E-state index in [9.17, 15) is 5.26 Å². The lowest BCUT2D eigenvalue weighted by molar-refractivity contribution is 0.415.